The summed E-state index contributed by atoms with van der Waals surface area (Å²) in [6.45, 7) is 5.98. The molecule has 0 aliphatic rings. The monoisotopic (exact) mass is 258 g/mol. The van der Waals surface area contributed by atoms with E-state index in [0.717, 1.165) is 25.7 Å². The molecule has 0 aliphatic heterocycles. The summed E-state index contributed by atoms with van der Waals surface area (Å²) in [6, 6.07) is 0. The minimum Gasteiger partial charge on any atom is -0.481 e. The summed E-state index contributed by atoms with van der Waals surface area (Å²) in [4.78, 5) is 22.6. The van der Waals surface area contributed by atoms with E-state index in [9.17, 15) is 19.8 Å². The van der Waals surface area contributed by atoms with E-state index in [-0.39, 0.29) is 0 Å². The molecule has 0 aromatic rings. The highest BCUT2D eigenvalue weighted by Gasteiger charge is 2.45. The number of rotatable bonds is 10. The molecule has 0 spiro atoms. The Bertz CT molecular complexity index is 251. The van der Waals surface area contributed by atoms with E-state index in [1.54, 1.807) is 0 Å². The van der Waals surface area contributed by atoms with Gasteiger partial charge in [0.25, 0.3) is 0 Å². The van der Waals surface area contributed by atoms with Crippen LogP contribution in [0.25, 0.3) is 0 Å². The fourth-order valence-electron chi connectivity index (χ4n) is 2.66. The van der Waals surface area contributed by atoms with Crippen molar-refractivity contribution in [3.8, 4) is 0 Å². The maximum atomic E-state index is 11.3. The Labute approximate surface area is 109 Å². The highest BCUT2D eigenvalue weighted by Crippen LogP contribution is 2.42. The van der Waals surface area contributed by atoms with E-state index in [1.165, 1.54) is 0 Å². The van der Waals surface area contributed by atoms with Gasteiger partial charge in [0.2, 0.25) is 0 Å². The third-order valence-corrected chi connectivity index (χ3v) is 3.87. The van der Waals surface area contributed by atoms with Crippen LogP contribution in [0.15, 0.2) is 0 Å². The van der Waals surface area contributed by atoms with Crippen LogP contribution < -0.4 is 0 Å². The molecule has 0 saturated carbocycles. The van der Waals surface area contributed by atoms with Crippen molar-refractivity contribution in [1.29, 1.82) is 0 Å². The zero-order valence-corrected chi connectivity index (χ0v) is 11.7. The predicted molar refractivity (Wildman–Crippen MR) is 70.5 cm³/mol. The fraction of sp³-hybridized carbons (Fsp3) is 0.857. The van der Waals surface area contributed by atoms with Gasteiger partial charge in [0.05, 0.1) is 0 Å². The van der Waals surface area contributed by atoms with Crippen molar-refractivity contribution in [2.45, 2.75) is 65.7 Å². The number of aliphatic carboxylic acids is 2. The topological polar surface area (TPSA) is 74.6 Å². The SMILES string of the molecule is CCCCC(CC)(CCCC)C(C(=O)O)C(=O)O. The van der Waals surface area contributed by atoms with Crippen LogP contribution in [-0.2, 0) is 9.59 Å². The summed E-state index contributed by atoms with van der Waals surface area (Å²) in [5, 5.41) is 18.5. The van der Waals surface area contributed by atoms with Gasteiger partial charge in [-0.3, -0.25) is 9.59 Å². The third kappa shape index (κ3) is 4.31. The van der Waals surface area contributed by atoms with Gasteiger partial charge in [-0.2, -0.15) is 0 Å². The maximum absolute atomic E-state index is 11.3. The smallest absolute Gasteiger partial charge is 0.318 e. The summed E-state index contributed by atoms with van der Waals surface area (Å²) < 4.78 is 0. The molecule has 0 atom stereocenters. The van der Waals surface area contributed by atoms with Gasteiger partial charge in [-0.05, 0) is 24.7 Å². The third-order valence-electron chi connectivity index (χ3n) is 3.87. The fourth-order valence-corrected chi connectivity index (χ4v) is 2.66. The van der Waals surface area contributed by atoms with Gasteiger partial charge in [0.15, 0.2) is 5.92 Å². The lowest BCUT2D eigenvalue weighted by atomic mass is 9.67. The highest BCUT2D eigenvalue weighted by molar-refractivity contribution is 5.93. The summed E-state index contributed by atoms with van der Waals surface area (Å²) in [7, 11) is 0. The second kappa shape index (κ2) is 8.11. The number of carboxylic acid groups (broad SMARTS) is 2. The van der Waals surface area contributed by atoms with Crippen LogP contribution in [0.3, 0.4) is 0 Å². The van der Waals surface area contributed by atoms with E-state index >= 15 is 0 Å². The molecule has 4 nitrogen and oxygen atoms in total. The van der Waals surface area contributed by atoms with Crippen molar-refractivity contribution in [3.63, 3.8) is 0 Å². The van der Waals surface area contributed by atoms with E-state index in [2.05, 4.69) is 0 Å². The molecule has 0 aromatic heterocycles. The Morgan fingerprint density at radius 1 is 0.944 bits per heavy atom. The number of hydrogen-bond donors (Lipinski definition) is 2. The lowest BCUT2D eigenvalue weighted by Gasteiger charge is -2.36. The van der Waals surface area contributed by atoms with Crippen LogP contribution in [0.2, 0.25) is 0 Å². The molecule has 4 heteroatoms. The second-order valence-electron chi connectivity index (χ2n) is 5.03. The standard InChI is InChI=1S/C14H26O4/c1-4-7-9-14(6-3,10-8-5-2)11(12(15)16)13(17)18/h11H,4-10H2,1-3H3,(H,15,16)(H,17,18). The van der Waals surface area contributed by atoms with E-state index in [1.807, 2.05) is 20.8 Å². The molecule has 0 rings (SSSR count). The molecule has 0 unspecified atom stereocenters. The number of carbonyl (C=O) groups is 2. The minimum absolute atomic E-state index is 0.594. The van der Waals surface area contributed by atoms with Crippen LogP contribution in [0.1, 0.15) is 65.7 Å². The Morgan fingerprint density at radius 3 is 1.56 bits per heavy atom. The van der Waals surface area contributed by atoms with Crippen LogP contribution >= 0.6 is 0 Å². The van der Waals surface area contributed by atoms with E-state index < -0.39 is 23.3 Å². The number of unbranched alkanes of at least 4 members (excludes halogenated alkanes) is 2. The first-order chi connectivity index (χ1) is 8.45. The van der Waals surface area contributed by atoms with Gasteiger partial charge < -0.3 is 10.2 Å². The van der Waals surface area contributed by atoms with Crippen molar-refractivity contribution in [1.82, 2.24) is 0 Å². The molecule has 2 N–H and O–H groups in total. The van der Waals surface area contributed by atoms with Gasteiger partial charge in [0.1, 0.15) is 0 Å². The van der Waals surface area contributed by atoms with Gasteiger partial charge in [-0.25, -0.2) is 0 Å². The Kier molecular flexibility index (Phi) is 7.64. The first-order valence-corrected chi connectivity index (χ1v) is 6.90. The van der Waals surface area contributed by atoms with Crippen LogP contribution in [0, 0.1) is 11.3 Å². The molecule has 0 aliphatic carbocycles. The molecular formula is C14H26O4. The molecule has 0 radical (unpaired) electrons. The molecule has 0 saturated heterocycles. The Balaban J connectivity index is 5.20. The van der Waals surface area contributed by atoms with Gasteiger partial charge in [-0.15, -0.1) is 0 Å². The van der Waals surface area contributed by atoms with Crippen LogP contribution in [-0.4, -0.2) is 22.2 Å². The first kappa shape index (κ1) is 16.9. The molecule has 0 bridgehead atoms. The van der Waals surface area contributed by atoms with Gasteiger partial charge in [-0.1, -0.05) is 46.5 Å². The highest BCUT2D eigenvalue weighted by atomic mass is 16.4. The molecule has 0 amide bonds. The molecule has 18 heavy (non-hydrogen) atoms. The number of carboxylic acids is 2. The molecule has 0 heterocycles. The van der Waals surface area contributed by atoms with Crippen molar-refractivity contribution < 1.29 is 19.8 Å². The predicted octanol–water partition coefficient (Wildman–Crippen LogP) is 3.55. The lowest BCUT2D eigenvalue weighted by molar-refractivity contribution is -0.162. The average Bonchev–Trinajstić information content (AvgIpc) is 2.31. The summed E-state index contributed by atoms with van der Waals surface area (Å²) in [5.74, 6) is -3.67. The Hall–Kier alpha value is -1.06. The molecule has 106 valence electrons. The Morgan fingerprint density at radius 2 is 1.33 bits per heavy atom. The van der Waals surface area contributed by atoms with Gasteiger partial charge >= 0.3 is 11.9 Å². The van der Waals surface area contributed by atoms with Crippen LogP contribution in [0.5, 0.6) is 0 Å². The molecular weight excluding hydrogens is 232 g/mol. The number of hydrogen-bond acceptors (Lipinski definition) is 2. The summed E-state index contributed by atoms with van der Waals surface area (Å²) in [5.41, 5.74) is -0.594. The zero-order chi connectivity index (χ0) is 14.2. The summed E-state index contributed by atoms with van der Waals surface area (Å²) in [6.07, 6.45) is 5.66. The zero-order valence-electron chi connectivity index (χ0n) is 11.7. The first-order valence-electron chi connectivity index (χ1n) is 6.90. The second-order valence-corrected chi connectivity index (χ2v) is 5.03. The average molecular weight is 258 g/mol. The van der Waals surface area contributed by atoms with Crippen molar-refractivity contribution in [3.05, 3.63) is 0 Å². The van der Waals surface area contributed by atoms with Crippen molar-refractivity contribution in [2.75, 3.05) is 0 Å². The minimum atomic E-state index is -1.28. The molecule has 0 aromatic carbocycles. The lowest BCUT2D eigenvalue weighted by Crippen LogP contribution is -2.41. The normalized spacial score (nSPS) is 11.8. The maximum Gasteiger partial charge on any atom is 0.318 e. The largest absolute Gasteiger partial charge is 0.481 e. The van der Waals surface area contributed by atoms with Crippen LogP contribution in [0.4, 0.5) is 0 Å². The summed E-state index contributed by atoms with van der Waals surface area (Å²) >= 11 is 0. The molecule has 0 fully saturated rings. The van der Waals surface area contributed by atoms with E-state index in [4.69, 9.17) is 0 Å². The van der Waals surface area contributed by atoms with Gasteiger partial charge in [0, 0.05) is 0 Å². The van der Waals surface area contributed by atoms with Crippen molar-refractivity contribution in [2.24, 2.45) is 11.3 Å². The van der Waals surface area contributed by atoms with E-state index in [0.29, 0.717) is 19.3 Å². The quantitative estimate of drug-likeness (QED) is 0.588. The van der Waals surface area contributed by atoms with Crippen molar-refractivity contribution >= 4 is 11.9 Å².